The first-order chi connectivity index (χ1) is 9.77. The van der Waals surface area contributed by atoms with Crippen LogP contribution in [0.25, 0.3) is 0 Å². The summed E-state index contributed by atoms with van der Waals surface area (Å²) < 4.78 is 5.66. The Balaban J connectivity index is 1.59. The number of benzene rings is 1. The maximum Gasteiger partial charge on any atom is 0.0494 e. The van der Waals surface area contributed by atoms with Gasteiger partial charge in [0.25, 0.3) is 0 Å². The molecule has 0 aromatic heterocycles. The van der Waals surface area contributed by atoms with Crippen molar-refractivity contribution in [1.82, 2.24) is 5.32 Å². The van der Waals surface area contributed by atoms with Crippen molar-refractivity contribution in [2.24, 2.45) is 11.8 Å². The molecule has 2 rings (SSSR count). The van der Waals surface area contributed by atoms with E-state index in [0.29, 0.717) is 11.8 Å². The Morgan fingerprint density at radius 1 is 1.20 bits per heavy atom. The molecule has 0 radical (unpaired) electrons. The number of hydrogen-bond donors (Lipinski definition) is 1. The first-order valence-electron chi connectivity index (χ1n) is 8.10. The summed E-state index contributed by atoms with van der Waals surface area (Å²) in [7, 11) is 0. The van der Waals surface area contributed by atoms with Gasteiger partial charge in [-0.25, -0.2) is 0 Å². The number of rotatable bonds is 10. The van der Waals surface area contributed by atoms with Crippen molar-refractivity contribution in [3.05, 3.63) is 35.9 Å². The summed E-state index contributed by atoms with van der Waals surface area (Å²) >= 11 is 0. The van der Waals surface area contributed by atoms with Gasteiger partial charge in [-0.15, -0.1) is 0 Å². The van der Waals surface area contributed by atoms with Crippen LogP contribution in [0.5, 0.6) is 0 Å². The molecule has 0 saturated heterocycles. The van der Waals surface area contributed by atoms with Crippen molar-refractivity contribution in [3.63, 3.8) is 0 Å². The van der Waals surface area contributed by atoms with Crippen molar-refractivity contribution in [1.29, 1.82) is 0 Å². The Hall–Kier alpha value is -0.860. The Kier molecular flexibility index (Phi) is 6.55. The Morgan fingerprint density at radius 3 is 2.60 bits per heavy atom. The zero-order chi connectivity index (χ0) is 14.2. The van der Waals surface area contributed by atoms with Crippen LogP contribution in [0.3, 0.4) is 0 Å². The molecule has 0 heterocycles. The molecule has 1 aliphatic rings. The highest BCUT2D eigenvalue weighted by Crippen LogP contribution is 2.28. The predicted molar refractivity (Wildman–Crippen MR) is 85.1 cm³/mol. The molecule has 1 saturated carbocycles. The topological polar surface area (TPSA) is 21.3 Å². The van der Waals surface area contributed by atoms with Crippen LogP contribution >= 0.6 is 0 Å². The van der Waals surface area contributed by atoms with Crippen LogP contribution in [-0.2, 0) is 4.74 Å². The fraction of sp³-hybridized carbons (Fsp3) is 0.667. The lowest BCUT2D eigenvalue weighted by Crippen LogP contribution is -2.26. The van der Waals surface area contributed by atoms with E-state index in [4.69, 9.17) is 4.74 Å². The first-order valence-corrected chi connectivity index (χ1v) is 8.10. The van der Waals surface area contributed by atoms with Gasteiger partial charge in [0, 0.05) is 19.8 Å². The fourth-order valence-corrected chi connectivity index (χ4v) is 2.53. The summed E-state index contributed by atoms with van der Waals surface area (Å²) in [6.07, 6.45) is 3.88. The summed E-state index contributed by atoms with van der Waals surface area (Å²) in [5.41, 5.74) is 1.44. The summed E-state index contributed by atoms with van der Waals surface area (Å²) in [5, 5.41) is 3.59. The quantitative estimate of drug-likeness (QED) is 0.655. The number of hydrogen-bond acceptors (Lipinski definition) is 2. The van der Waals surface area contributed by atoms with Crippen LogP contribution in [0.1, 0.15) is 44.6 Å². The van der Waals surface area contributed by atoms with E-state index in [0.717, 1.165) is 38.6 Å². The van der Waals surface area contributed by atoms with Gasteiger partial charge in [0.15, 0.2) is 0 Å². The highest BCUT2D eigenvalue weighted by molar-refractivity contribution is 5.20. The summed E-state index contributed by atoms with van der Waals surface area (Å²) in [6, 6.07) is 10.8. The van der Waals surface area contributed by atoms with Crippen LogP contribution in [-0.4, -0.2) is 26.3 Å². The van der Waals surface area contributed by atoms with Crippen molar-refractivity contribution in [2.45, 2.75) is 39.0 Å². The zero-order valence-corrected chi connectivity index (χ0v) is 13.0. The van der Waals surface area contributed by atoms with Crippen molar-refractivity contribution >= 4 is 0 Å². The van der Waals surface area contributed by atoms with E-state index in [1.165, 1.54) is 18.4 Å². The largest absolute Gasteiger partial charge is 0.381 e. The average molecular weight is 275 g/mol. The number of ether oxygens (including phenoxy) is 1. The van der Waals surface area contributed by atoms with E-state index in [1.54, 1.807) is 0 Å². The molecule has 1 aliphatic carbocycles. The lowest BCUT2D eigenvalue weighted by molar-refractivity contribution is 0.122. The molecule has 1 fully saturated rings. The van der Waals surface area contributed by atoms with Gasteiger partial charge in [0.05, 0.1) is 0 Å². The molecule has 1 aromatic carbocycles. The normalized spacial score (nSPS) is 16.6. The second-order valence-corrected chi connectivity index (χ2v) is 6.34. The molecule has 1 unspecified atom stereocenters. The van der Waals surface area contributed by atoms with Crippen LogP contribution in [0.15, 0.2) is 30.3 Å². The minimum atomic E-state index is 0.601. The van der Waals surface area contributed by atoms with Crippen LogP contribution < -0.4 is 5.32 Å². The molecule has 2 heteroatoms. The molecular weight excluding hydrogens is 246 g/mol. The van der Waals surface area contributed by atoms with Gasteiger partial charge >= 0.3 is 0 Å². The molecular formula is C18H29NO. The molecule has 1 aromatic rings. The second-order valence-electron chi connectivity index (χ2n) is 6.34. The number of nitrogens with one attached hydrogen (secondary N) is 1. The SMILES string of the molecule is CC(C)C(CNCCCOCC1CC1)c1ccccc1. The highest BCUT2D eigenvalue weighted by Gasteiger charge is 2.20. The third kappa shape index (κ3) is 5.64. The third-order valence-electron chi connectivity index (χ3n) is 4.09. The van der Waals surface area contributed by atoms with Gasteiger partial charge in [-0.1, -0.05) is 44.2 Å². The minimum Gasteiger partial charge on any atom is -0.381 e. The van der Waals surface area contributed by atoms with Crippen molar-refractivity contribution in [2.75, 3.05) is 26.3 Å². The fourth-order valence-electron chi connectivity index (χ4n) is 2.53. The smallest absolute Gasteiger partial charge is 0.0494 e. The Bertz CT molecular complexity index is 359. The molecule has 112 valence electrons. The van der Waals surface area contributed by atoms with Crippen LogP contribution in [0.4, 0.5) is 0 Å². The summed E-state index contributed by atoms with van der Waals surface area (Å²) in [4.78, 5) is 0. The molecule has 0 spiro atoms. The average Bonchev–Trinajstić information content (AvgIpc) is 3.26. The lowest BCUT2D eigenvalue weighted by atomic mass is 9.88. The van der Waals surface area contributed by atoms with E-state index in [2.05, 4.69) is 49.5 Å². The van der Waals surface area contributed by atoms with Gasteiger partial charge in [-0.3, -0.25) is 0 Å². The van der Waals surface area contributed by atoms with Crippen LogP contribution in [0.2, 0.25) is 0 Å². The van der Waals surface area contributed by atoms with E-state index < -0.39 is 0 Å². The van der Waals surface area contributed by atoms with Gasteiger partial charge in [0.1, 0.15) is 0 Å². The van der Waals surface area contributed by atoms with Crippen molar-refractivity contribution in [3.8, 4) is 0 Å². The Morgan fingerprint density at radius 2 is 1.95 bits per heavy atom. The summed E-state index contributed by atoms with van der Waals surface area (Å²) in [5.74, 6) is 2.14. The van der Waals surface area contributed by atoms with Gasteiger partial charge in [0.2, 0.25) is 0 Å². The first kappa shape index (κ1) is 15.5. The highest BCUT2D eigenvalue weighted by atomic mass is 16.5. The van der Waals surface area contributed by atoms with E-state index in [-0.39, 0.29) is 0 Å². The summed E-state index contributed by atoms with van der Waals surface area (Å²) in [6.45, 7) is 8.61. The van der Waals surface area contributed by atoms with Crippen molar-refractivity contribution < 1.29 is 4.74 Å². The van der Waals surface area contributed by atoms with Gasteiger partial charge < -0.3 is 10.1 Å². The molecule has 1 N–H and O–H groups in total. The molecule has 2 nitrogen and oxygen atoms in total. The zero-order valence-electron chi connectivity index (χ0n) is 13.0. The minimum absolute atomic E-state index is 0.601. The maximum atomic E-state index is 5.66. The predicted octanol–water partition coefficient (Wildman–Crippen LogP) is 3.83. The standard InChI is InChI=1S/C18H29NO/c1-15(2)18(17-7-4-3-5-8-17)13-19-11-6-12-20-14-16-9-10-16/h3-5,7-8,15-16,18-19H,6,9-14H2,1-2H3. The van der Waals surface area contributed by atoms with E-state index in [9.17, 15) is 0 Å². The van der Waals surface area contributed by atoms with Gasteiger partial charge in [-0.05, 0) is 49.1 Å². The monoisotopic (exact) mass is 275 g/mol. The molecule has 0 bridgehead atoms. The molecule has 0 aliphatic heterocycles. The van der Waals surface area contributed by atoms with Crippen LogP contribution in [0, 0.1) is 11.8 Å². The molecule has 0 amide bonds. The second kappa shape index (κ2) is 8.43. The third-order valence-corrected chi connectivity index (χ3v) is 4.09. The maximum absolute atomic E-state index is 5.66. The lowest BCUT2D eigenvalue weighted by Gasteiger charge is -2.22. The van der Waals surface area contributed by atoms with E-state index >= 15 is 0 Å². The van der Waals surface area contributed by atoms with Gasteiger partial charge in [-0.2, -0.15) is 0 Å². The van der Waals surface area contributed by atoms with E-state index in [1.807, 2.05) is 0 Å². The Labute approximate surface area is 123 Å². The molecule has 1 atom stereocenters. The molecule has 20 heavy (non-hydrogen) atoms.